The van der Waals surface area contributed by atoms with E-state index >= 15 is 0 Å². The van der Waals surface area contributed by atoms with E-state index in [0.717, 1.165) is 46.1 Å². The minimum atomic E-state index is -0.125. The number of rotatable bonds is 7. The van der Waals surface area contributed by atoms with Gasteiger partial charge in [0.15, 0.2) is 18.1 Å². The number of hydrogen-bond donors (Lipinski definition) is 1. The van der Waals surface area contributed by atoms with Crippen LogP contribution in [0.2, 0.25) is 0 Å². The third-order valence-corrected chi connectivity index (χ3v) is 7.28. The van der Waals surface area contributed by atoms with Gasteiger partial charge in [-0.15, -0.1) is 11.3 Å². The van der Waals surface area contributed by atoms with Gasteiger partial charge in [0.1, 0.15) is 11.1 Å². The molecule has 0 saturated carbocycles. The predicted octanol–water partition coefficient (Wildman–Crippen LogP) is 6.15. The van der Waals surface area contributed by atoms with Gasteiger partial charge >= 0.3 is 0 Å². The lowest BCUT2D eigenvalue weighted by atomic mass is 9.95. The van der Waals surface area contributed by atoms with Crippen LogP contribution in [-0.4, -0.2) is 25.8 Å². The summed E-state index contributed by atoms with van der Waals surface area (Å²) in [7, 11) is 1.56. The molecule has 0 spiro atoms. The number of nitrogens with zero attached hydrogens (tertiary/aromatic N) is 2. The zero-order chi connectivity index (χ0) is 23.2. The SMILES string of the molecule is COc1cc(C=Nc2sc3c(c2C(=O)Nc2ccccc2)CCCC3)cc(I)c1OCC#N. The number of thiophene rings is 1. The fourth-order valence-corrected chi connectivity index (χ4v) is 5.80. The quantitative estimate of drug-likeness (QED) is 0.273. The van der Waals surface area contributed by atoms with Gasteiger partial charge in [0, 0.05) is 16.8 Å². The molecule has 0 fully saturated rings. The van der Waals surface area contributed by atoms with Crippen molar-refractivity contribution in [1.29, 1.82) is 5.26 Å². The van der Waals surface area contributed by atoms with E-state index in [9.17, 15) is 4.79 Å². The molecule has 1 aliphatic carbocycles. The molecular weight excluding hydrogens is 549 g/mol. The number of aryl methyl sites for hydroxylation is 1. The molecule has 1 heterocycles. The molecule has 0 bridgehead atoms. The van der Waals surface area contributed by atoms with Crippen molar-refractivity contribution in [3.05, 3.63) is 67.6 Å². The van der Waals surface area contributed by atoms with E-state index in [2.05, 4.69) is 27.9 Å². The number of halogens is 1. The maximum Gasteiger partial charge on any atom is 0.259 e. The molecule has 4 rings (SSSR count). The second kappa shape index (κ2) is 10.8. The summed E-state index contributed by atoms with van der Waals surface area (Å²) in [5.74, 6) is 0.942. The van der Waals surface area contributed by atoms with Crippen LogP contribution in [0.5, 0.6) is 11.5 Å². The number of para-hydroxylation sites is 1. The van der Waals surface area contributed by atoms with Gasteiger partial charge in [-0.1, -0.05) is 18.2 Å². The highest BCUT2D eigenvalue weighted by Gasteiger charge is 2.25. The van der Waals surface area contributed by atoms with Crippen molar-refractivity contribution >= 4 is 56.7 Å². The molecule has 0 atom stereocenters. The Morgan fingerprint density at radius 3 is 2.82 bits per heavy atom. The summed E-state index contributed by atoms with van der Waals surface area (Å²) in [5.41, 5.74) is 3.38. The number of nitriles is 1. The van der Waals surface area contributed by atoms with Gasteiger partial charge in [-0.2, -0.15) is 5.26 Å². The average Bonchev–Trinajstić information content (AvgIpc) is 3.21. The number of ether oxygens (including phenoxy) is 2. The Morgan fingerprint density at radius 2 is 2.06 bits per heavy atom. The van der Waals surface area contributed by atoms with Crippen molar-refractivity contribution in [2.75, 3.05) is 19.0 Å². The lowest BCUT2D eigenvalue weighted by Gasteiger charge is -2.13. The molecule has 0 aliphatic heterocycles. The molecule has 1 N–H and O–H groups in total. The lowest BCUT2D eigenvalue weighted by Crippen LogP contribution is -2.14. The van der Waals surface area contributed by atoms with Crippen molar-refractivity contribution in [2.24, 2.45) is 4.99 Å². The summed E-state index contributed by atoms with van der Waals surface area (Å²) in [6.07, 6.45) is 5.84. The first kappa shape index (κ1) is 23.3. The Balaban J connectivity index is 1.67. The lowest BCUT2D eigenvalue weighted by molar-refractivity contribution is 0.102. The molecule has 6 nitrogen and oxygen atoms in total. The first-order valence-electron chi connectivity index (χ1n) is 10.5. The topological polar surface area (TPSA) is 83.7 Å². The number of carbonyl (C=O) groups is 1. The van der Waals surface area contributed by atoms with Crippen LogP contribution in [-0.2, 0) is 12.8 Å². The molecule has 33 heavy (non-hydrogen) atoms. The van der Waals surface area contributed by atoms with Crippen LogP contribution in [0.15, 0.2) is 47.5 Å². The number of methoxy groups -OCH3 is 1. The molecule has 0 radical (unpaired) electrons. The van der Waals surface area contributed by atoms with Gasteiger partial charge in [0.25, 0.3) is 5.91 Å². The second-order valence-corrected chi connectivity index (χ2v) is 9.70. The summed E-state index contributed by atoms with van der Waals surface area (Å²) in [6, 6.07) is 15.2. The van der Waals surface area contributed by atoms with E-state index in [4.69, 9.17) is 19.7 Å². The van der Waals surface area contributed by atoms with Crippen LogP contribution in [0.25, 0.3) is 0 Å². The molecule has 0 unspecified atom stereocenters. The minimum Gasteiger partial charge on any atom is -0.493 e. The monoisotopic (exact) mass is 571 g/mol. The number of nitrogens with one attached hydrogen (secondary N) is 1. The fourth-order valence-electron chi connectivity index (χ4n) is 3.78. The van der Waals surface area contributed by atoms with Crippen LogP contribution in [0.4, 0.5) is 10.7 Å². The van der Waals surface area contributed by atoms with Crippen molar-refractivity contribution < 1.29 is 14.3 Å². The third kappa shape index (κ3) is 5.37. The Labute approximate surface area is 210 Å². The van der Waals surface area contributed by atoms with Gasteiger partial charge in [-0.25, -0.2) is 4.99 Å². The van der Waals surface area contributed by atoms with Crippen LogP contribution in [0, 0.1) is 14.9 Å². The zero-order valence-electron chi connectivity index (χ0n) is 18.1. The summed E-state index contributed by atoms with van der Waals surface area (Å²) in [5, 5.41) is 12.5. The third-order valence-electron chi connectivity index (χ3n) is 5.28. The van der Waals surface area contributed by atoms with Crippen LogP contribution >= 0.6 is 33.9 Å². The highest BCUT2D eigenvalue weighted by molar-refractivity contribution is 14.1. The summed E-state index contributed by atoms with van der Waals surface area (Å²) in [6.45, 7) is -0.0551. The predicted molar refractivity (Wildman–Crippen MR) is 139 cm³/mol. The van der Waals surface area contributed by atoms with Crippen molar-refractivity contribution in [2.45, 2.75) is 25.7 Å². The maximum absolute atomic E-state index is 13.2. The van der Waals surface area contributed by atoms with Gasteiger partial charge in [0.2, 0.25) is 0 Å². The van der Waals surface area contributed by atoms with Crippen LogP contribution < -0.4 is 14.8 Å². The number of fused-ring (bicyclic) bond motifs is 1. The average molecular weight is 571 g/mol. The number of hydrogen-bond acceptors (Lipinski definition) is 6. The Morgan fingerprint density at radius 1 is 1.27 bits per heavy atom. The Kier molecular flexibility index (Phi) is 7.62. The van der Waals surface area contributed by atoms with Crippen molar-refractivity contribution in [1.82, 2.24) is 0 Å². The van der Waals surface area contributed by atoms with Gasteiger partial charge in [0.05, 0.1) is 16.2 Å². The van der Waals surface area contributed by atoms with Gasteiger partial charge in [-0.05, 0) is 83.7 Å². The second-order valence-electron chi connectivity index (χ2n) is 7.45. The molecule has 1 aliphatic rings. The maximum atomic E-state index is 13.2. The molecule has 3 aromatic rings. The van der Waals surface area contributed by atoms with E-state index in [1.165, 1.54) is 4.88 Å². The standard InChI is InChI=1S/C25H22IN3O3S/c1-31-20-14-16(13-19(26)23(20)32-12-11-27)15-28-25-22(18-9-5-6-10-21(18)33-25)24(30)29-17-7-3-2-4-8-17/h2-4,7-8,13-15H,5-6,9-10,12H2,1H3,(H,29,30). The number of anilines is 1. The molecular formula is C25H22IN3O3S. The van der Waals surface area contributed by atoms with E-state index in [-0.39, 0.29) is 12.5 Å². The smallest absolute Gasteiger partial charge is 0.259 e. The molecule has 0 saturated heterocycles. The fraction of sp³-hybridized carbons (Fsp3) is 0.240. The first-order valence-corrected chi connectivity index (χ1v) is 12.4. The summed E-state index contributed by atoms with van der Waals surface area (Å²) >= 11 is 3.75. The molecule has 168 valence electrons. The van der Waals surface area contributed by atoms with E-state index in [1.807, 2.05) is 48.5 Å². The van der Waals surface area contributed by atoms with Crippen LogP contribution in [0.3, 0.4) is 0 Å². The first-order chi connectivity index (χ1) is 16.1. The summed E-state index contributed by atoms with van der Waals surface area (Å²) in [4.78, 5) is 19.2. The van der Waals surface area contributed by atoms with Crippen LogP contribution in [0.1, 0.15) is 39.2 Å². The van der Waals surface area contributed by atoms with Crippen molar-refractivity contribution in [3.8, 4) is 17.6 Å². The van der Waals surface area contributed by atoms with E-state index < -0.39 is 0 Å². The molecule has 2 aromatic carbocycles. The molecule has 1 amide bonds. The zero-order valence-corrected chi connectivity index (χ0v) is 21.0. The van der Waals surface area contributed by atoms with E-state index in [0.29, 0.717) is 22.1 Å². The number of amides is 1. The number of carbonyl (C=O) groups excluding carboxylic acids is 1. The van der Waals surface area contributed by atoms with E-state index in [1.54, 1.807) is 24.7 Å². The Bertz CT molecular complexity index is 1230. The highest BCUT2D eigenvalue weighted by Crippen LogP contribution is 2.40. The molecule has 1 aromatic heterocycles. The largest absolute Gasteiger partial charge is 0.493 e. The normalized spacial score (nSPS) is 12.8. The number of benzene rings is 2. The van der Waals surface area contributed by atoms with Crippen molar-refractivity contribution in [3.63, 3.8) is 0 Å². The number of aliphatic imine (C=N–C) groups is 1. The van der Waals surface area contributed by atoms with Gasteiger partial charge < -0.3 is 14.8 Å². The minimum absolute atomic E-state index is 0.0551. The summed E-state index contributed by atoms with van der Waals surface area (Å²) < 4.78 is 11.8. The van der Waals surface area contributed by atoms with Gasteiger partial charge in [-0.3, -0.25) is 4.79 Å². The molecule has 8 heteroatoms. The Hall–Kier alpha value is -2.90. The highest BCUT2D eigenvalue weighted by atomic mass is 127.